The molecular weight excluding hydrogens is 153 g/mol. The molecule has 1 aliphatic rings. The van der Waals surface area contributed by atoms with Crippen LogP contribution in [0, 0.1) is 5.92 Å². The quantitative estimate of drug-likeness (QED) is 0.639. The third-order valence-corrected chi connectivity index (χ3v) is 1.95. The van der Waals surface area contributed by atoms with Gasteiger partial charge in [-0.1, -0.05) is 13.8 Å². The average molecular weight is 171 g/mol. The van der Waals surface area contributed by atoms with Crippen LogP contribution >= 0.6 is 0 Å². The van der Waals surface area contributed by atoms with Gasteiger partial charge in [0.15, 0.2) is 0 Å². The van der Waals surface area contributed by atoms with Crippen LogP contribution in [0.25, 0.3) is 0 Å². The van der Waals surface area contributed by atoms with Gasteiger partial charge in [0, 0.05) is 19.2 Å². The van der Waals surface area contributed by atoms with Crippen molar-refractivity contribution in [1.82, 2.24) is 0 Å². The minimum atomic E-state index is -0.166. The molecule has 12 heavy (non-hydrogen) atoms. The molecule has 0 saturated carbocycles. The molecule has 0 bridgehead atoms. The van der Waals surface area contributed by atoms with Crippen molar-refractivity contribution in [3.8, 4) is 0 Å². The van der Waals surface area contributed by atoms with Crippen LogP contribution in [0.2, 0.25) is 0 Å². The Morgan fingerprint density at radius 3 is 2.42 bits per heavy atom. The van der Waals surface area contributed by atoms with Gasteiger partial charge in [0.1, 0.15) is 0 Å². The first-order valence-electron chi connectivity index (χ1n) is 4.69. The van der Waals surface area contributed by atoms with Gasteiger partial charge in [-0.3, -0.25) is 0 Å². The molecule has 1 aliphatic heterocycles. The second kappa shape index (κ2) is 4.85. The van der Waals surface area contributed by atoms with E-state index >= 15 is 0 Å². The molecule has 70 valence electrons. The van der Waals surface area contributed by atoms with Crippen LogP contribution in [-0.2, 0) is 9.31 Å². The smallest absolute Gasteiger partial charge is 0.410 e. The normalized spacial score (nSPS) is 21.5. The molecule has 0 aromatic rings. The average Bonchev–Trinajstić information content (AvgIpc) is 2.05. The van der Waals surface area contributed by atoms with E-state index in [1.165, 1.54) is 0 Å². The zero-order valence-corrected chi connectivity index (χ0v) is 7.95. The van der Waals surface area contributed by atoms with Crippen molar-refractivity contribution in [3.63, 3.8) is 0 Å². The summed E-state index contributed by atoms with van der Waals surface area (Å²) in [5.74, 6) is 0.638. The number of nitrogens with two attached hydrogens (primary N) is 1. The highest BCUT2D eigenvalue weighted by Gasteiger charge is 2.29. The Hall–Kier alpha value is -0.0551. The van der Waals surface area contributed by atoms with Gasteiger partial charge >= 0.3 is 7.12 Å². The van der Waals surface area contributed by atoms with Crippen LogP contribution < -0.4 is 5.73 Å². The Balaban J connectivity index is 2.24. The minimum Gasteiger partial charge on any atom is -0.410 e. The molecule has 0 aromatic heterocycles. The van der Waals surface area contributed by atoms with E-state index in [0.29, 0.717) is 5.92 Å². The van der Waals surface area contributed by atoms with E-state index in [9.17, 15) is 0 Å². The van der Waals surface area contributed by atoms with Crippen molar-refractivity contribution < 1.29 is 9.31 Å². The molecule has 1 heterocycles. The Morgan fingerprint density at radius 1 is 1.33 bits per heavy atom. The molecule has 0 aliphatic carbocycles. The van der Waals surface area contributed by atoms with Crippen molar-refractivity contribution in [1.29, 1.82) is 0 Å². The van der Waals surface area contributed by atoms with Crippen molar-refractivity contribution in [2.45, 2.75) is 32.6 Å². The van der Waals surface area contributed by atoms with Crippen LogP contribution in [0.1, 0.15) is 26.7 Å². The van der Waals surface area contributed by atoms with Crippen molar-refractivity contribution in [2.75, 3.05) is 13.2 Å². The zero-order chi connectivity index (χ0) is 8.97. The molecule has 1 fully saturated rings. The summed E-state index contributed by atoms with van der Waals surface area (Å²) in [4.78, 5) is 0. The molecule has 0 aromatic carbocycles. The van der Waals surface area contributed by atoms with Gasteiger partial charge in [0.05, 0.1) is 0 Å². The summed E-state index contributed by atoms with van der Waals surface area (Å²) in [6, 6.07) is 0. The topological polar surface area (TPSA) is 44.5 Å². The zero-order valence-electron chi connectivity index (χ0n) is 7.95. The summed E-state index contributed by atoms with van der Waals surface area (Å²) in [6.07, 6.45) is 1.95. The van der Waals surface area contributed by atoms with Gasteiger partial charge in [0.2, 0.25) is 0 Å². The van der Waals surface area contributed by atoms with Crippen molar-refractivity contribution >= 4 is 7.12 Å². The third-order valence-electron chi connectivity index (χ3n) is 1.95. The first kappa shape index (κ1) is 10.0. The van der Waals surface area contributed by atoms with Crippen LogP contribution in [0.4, 0.5) is 0 Å². The Kier molecular flexibility index (Phi) is 4.05. The molecule has 0 spiro atoms. The lowest BCUT2D eigenvalue weighted by atomic mass is 9.74. The second-order valence-electron chi connectivity index (χ2n) is 3.76. The lowest BCUT2D eigenvalue weighted by molar-refractivity contribution is 0.125. The number of rotatable bonds is 3. The summed E-state index contributed by atoms with van der Waals surface area (Å²) >= 11 is 0. The number of hydrogen-bond acceptors (Lipinski definition) is 3. The van der Waals surface area contributed by atoms with E-state index in [-0.39, 0.29) is 13.1 Å². The van der Waals surface area contributed by atoms with Crippen LogP contribution in [-0.4, -0.2) is 26.3 Å². The van der Waals surface area contributed by atoms with Gasteiger partial charge in [-0.15, -0.1) is 0 Å². The first-order valence-corrected chi connectivity index (χ1v) is 4.69. The molecule has 0 radical (unpaired) electrons. The van der Waals surface area contributed by atoms with Gasteiger partial charge in [-0.25, -0.2) is 0 Å². The second-order valence-corrected chi connectivity index (χ2v) is 3.76. The van der Waals surface area contributed by atoms with Gasteiger partial charge in [0.25, 0.3) is 0 Å². The predicted octanol–water partition coefficient (Wildman–Crippen LogP) is 0.824. The monoisotopic (exact) mass is 171 g/mol. The molecule has 0 amide bonds. The first-order chi connectivity index (χ1) is 5.70. The highest BCUT2D eigenvalue weighted by Crippen LogP contribution is 2.10. The molecule has 3 nitrogen and oxygen atoms in total. The van der Waals surface area contributed by atoms with Crippen LogP contribution in [0.3, 0.4) is 0 Å². The van der Waals surface area contributed by atoms with Gasteiger partial charge < -0.3 is 15.0 Å². The maximum atomic E-state index is 5.90. The highest BCUT2D eigenvalue weighted by atomic mass is 16.6. The molecule has 4 heteroatoms. The molecule has 1 unspecified atom stereocenters. The fourth-order valence-corrected chi connectivity index (χ4v) is 1.41. The SMILES string of the molecule is CC(C)CC(N)B1OCCCO1. The van der Waals surface area contributed by atoms with Crippen molar-refractivity contribution in [2.24, 2.45) is 11.7 Å². The maximum absolute atomic E-state index is 5.90. The number of hydrogen-bond donors (Lipinski definition) is 1. The van der Waals surface area contributed by atoms with E-state index in [1.54, 1.807) is 0 Å². The summed E-state index contributed by atoms with van der Waals surface area (Å²) < 4.78 is 10.8. The molecule has 2 N–H and O–H groups in total. The predicted molar refractivity (Wildman–Crippen MR) is 49.7 cm³/mol. The summed E-state index contributed by atoms with van der Waals surface area (Å²) in [7, 11) is -0.166. The van der Waals surface area contributed by atoms with Gasteiger partial charge in [-0.2, -0.15) is 0 Å². The van der Waals surface area contributed by atoms with E-state index in [0.717, 1.165) is 26.1 Å². The highest BCUT2D eigenvalue weighted by molar-refractivity contribution is 6.46. The standard InChI is InChI=1S/C8H18BNO2/c1-7(2)6-8(10)9-11-4-3-5-12-9/h7-8H,3-6,10H2,1-2H3. The lowest BCUT2D eigenvalue weighted by Gasteiger charge is -2.25. The summed E-state index contributed by atoms with van der Waals surface area (Å²) in [6.45, 7) is 5.89. The fourth-order valence-electron chi connectivity index (χ4n) is 1.41. The molecule has 1 rings (SSSR count). The minimum absolute atomic E-state index is 0.0327. The largest absolute Gasteiger partial charge is 0.474 e. The maximum Gasteiger partial charge on any atom is 0.474 e. The van der Waals surface area contributed by atoms with E-state index in [4.69, 9.17) is 15.0 Å². The molecule has 1 atom stereocenters. The Labute approximate surface area is 74.7 Å². The van der Waals surface area contributed by atoms with E-state index in [1.807, 2.05) is 0 Å². The Morgan fingerprint density at radius 2 is 1.92 bits per heavy atom. The van der Waals surface area contributed by atoms with Gasteiger partial charge in [-0.05, 0) is 18.8 Å². The lowest BCUT2D eigenvalue weighted by Crippen LogP contribution is -2.47. The van der Waals surface area contributed by atoms with Crippen LogP contribution in [0.15, 0.2) is 0 Å². The Bertz CT molecular complexity index is 126. The van der Waals surface area contributed by atoms with Crippen LogP contribution in [0.5, 0.6) is 0 Å². The summed E-state index contributed by atoms with van der Waals surface area (Å²) in [5.41, 5.74) is 5.90. The third kappa shape index (κ3) is 3.13. The molecule has 1 saturated heterocycles. The van der Waals surface area contributed by atoms with E-state index < -0.39 is 0 Å². The van der Waals surface area contributed by atoms with Crippen molar-refractivity contribution in [3.05, 3.63) is 0 Å². The van der Waals surface area contributed by atoms with E-state index in [2.05, 4.69) is 13.8 Å². The fraction of sp³-hybridized carbons (Fsp3) is 1.00. The summed E-state index contributed by atoms with van der Waals surface area (Å²) in [5, 5.41) is 0. The molecular formula is C8H18BNO2.